The molecule has 0 unspecified atom stereocenters. The van der Waals surface area contributed by atoms with Crippen LogP contribution in [-0.2, 0) is 0 Å². The molecule has 4 nitrogen and oxygen atoms in total. The predicted molar refractivity (Wildman–Crippen MR) is 80.6 cm³/mol. The third-order valence-electron chi connectivity index (χ3n) is 3.51. The Bertz CT molecular complexity index is 587. The Morgan fingerprint density at radius 1 is 1.35 bits per heavy atom. The number of nitrogens with two attached hydrogens (primary N) is 1. The summed E-state index contributed by atoms with van der Waals surface area (Å²) >= 11 is 0. The van der Waals surface area contributed by atoms with Crippen LogP contribution in [0.3, 0.4) is 0 Å². The largest absolute Gasteiger partial charge is 0.463 e. The number of para-hydroxylation sites is 1. The topological polar surface area (TPSA) is 68.3 Å². The Hall–Kier alpha value is -1.81. The third-order valence-corrected chi connectivity index (χ3v) is 3.51. The minimum Gasteiger partial charge on any atom is -0.463 e. The molecule has 0 fully saturated rings. The minimum atomic E-state index is -0.0872. The lowest BCUT2D eigenvalue weighted by Gasteiger charge is -2.24. The van der Waals surface area contributed by atoms with Crippen LogP contribution in [0, 0.1) is 5.41 Å². The molecule has 0 spiro atoms. The van der Waals surface area contributed by atoms with Crippen molar-refractivity contribution in [2.24, 2.45) is 11.1 Å². The van der Waals surface area contributed by atoms with Gasteiger partial charge in [0.2, 0.25) is 0 Å². The Morgan fingerprint density at radius 2 is 2.10 bits per heavy atom. The molecular weight excluding hydrogens is 252 g/mol. The maximum absolute atomic E-state index is 12.2. The lowest BCUT2D eigenvalue weighted by atomic mass is 9.87. The molecule has 20 heavy (non-hydrogen) atoms. The van der Waals surface area contributed by atoms with E-state index in [1.54, 1.807) is 0 Å². The van der Waals surface area contributed by atoms with Gasteiger partial charge in [-0.15, -0.1) is 0 Å². The van der Waals surface area contributed by atoms with Gasteiger partial charge < -0.3 is 15.5 Å². The molecular formula is C16H22N2O2. The number of hydrogen-bond donors (Lipinski definition) is 2. The number of carbonyl (C=O) groups is 1. The molecule has 3 N–H and O–H groups in total. The summed E-state index contributed by atoms with van der Waals surface area (Å²) in [6.45, 7) is 5.59. The highest BCUT2D eigenvalue weighted by Crippen LogP contribution is 2.23. The standard InChI is InChI=1S/C16H22N2O2/c1-16(2,8-5-9-17)11-18-15(19)13-10-20-14-7-4-3-6-12(13)14/h3-4,6-7,10H,5,8-9,11,17H2,1-2H3,(H,18,19). The van der Waals surface area contributed by atoms with E-state index < -0.39 is 0 Å². The first kappa shape index (κ1) is 14.6. The van der Waals surface area contributed by atoms with Gasteiger partial charge in [-0.2, -0.15) is 0 Å². The molecule has 1 amide bonds. The molecule has 108 valence electrons. The molecule has 2 aromatic rings. The van der Waals surface area contributed by atoms with E-state index in [0.29, 0.717) is 18.7 Å². The van der Waals surface area contributed by atoms with Gasteiger partial charge in [0.25, 0.3) is 5.91 Å². The van der Waals surface area contributed by atoms with Crippen LogP contribution in [0.15, 0.2) is 34.9 Å². The van der Waals surface area contributed by atoms with Crippen molar-refractivity contribution in [3.05, 3.63) is 36.1 Å². The highest BCUT2D eigenvalue weighted by Gasteiger charge is 2.20. The average Bonchev–Trinajstić information content (AvgIpc) is 2.87. The van der Waals surface area contributed by atoms with Crippen molar-refractivity contribution in [2.75, 3.05) is 13.1 Å². The monoisotopic (exact) mass is 274 g/mol. The van der Waals surface area contributed by atoms with Crippen LogP contribution in [-0.4, -0.2) is 19.0 Å². The first-order valence-corrected chi connectivity index (χ1v) is 6.98. The van der Waals surface area contributed by atoms with Gasteiger partial charge in [-0.3, -0.25) is 4.79 Å². The summed E-state index contributed by atoms with van der Waals surface area (Å²) in [5.74, 6) is -0.0872. The van der Waals surface area contributed by atoms with E-state index >= 15 is 0 Å². The predicted octanol–water partition coefficient (Wildman–Crippen LogP) is 2.93. The smallest absolute Gasteiger partial charge is 0.255 e. The minimum absolute atomic E-state index is 0.0502. The molecule has 0 saturated heterocycles. The first-order valence-electron chi connectivity index (χ1n) is 6.98. The molecule has 1 aromatic heterocycles. The number of hydrogen-bond acceptors (Lipinski definition) is 3. The molecule has 2 rings (SSSR count). The van der Waals surface area contributed by atoms with Gasteiger partial charge in [-0.1, -0.05) is 32.0 Å². The van der Waals surface area contributed by atoms with Crippen molar-refractivity contribution in [1.29, 1.82) is 0 Å². The van der Waals surface area contributed by atoms with E-state index in [-0.39, 0.29) is 11.3 Å². The summed E-state index contributed by atoms with van der Waals surface area (Å²) < 4.78 is 5.39. The van der Waals surface area contributed by atoms with E-state index in [0.717, 1.165) is 23.8 Å². The summed E-state index contributed by atoms with van der Waals surface area (Å²) in [7, 11) is 0. The molecule has 0 aliphatic rings. The van der Waals surface area contributed by atoms with Crippen molar-refractivity contribution in [3.8, 4) is 0 Å². The second-order valence-corrected chi connectivity index (χ2v) is 5.88. The zero-order valence-electron chi connectivity index (χ0n) is 12.1. The number of benzene rings is 1. The van der Waals surface area contributed by atoms with E-state index in [1.807, 2.05) is 24.3 Å². The number of furan rings is 1. The van der Waals surface area contributed by atoms with E-state index in [4.69, 9.17) is 10.2 Å². The van der Waals surface area contributed by atoms with Crippen molar-refractivity contribution in [2.45, 2.75) is 26.7 Å². The third kappa shape index (κ3) is 3.39. The fourth-order valence-electron chi connectivity index (χ4n) is 2.24. The molecule has 0 bridgehead atoms. The Morgan fingerprint density at radius 3 is 2.85 bits per heavy atom. The van der Waals surface area contributed by atoms with Crippen molar-refractivity contribution < 1.29 is 9.21 Å². The van der Waals surface area contributed by atoms with Gasteiger partial charge in [-0.25, -0.2) is 0 Å². The normalized spacial score (nSPS) is 11.8. The fraction of sp³-hybridized carbons (Fsp3) is 0.438. The Balaban J connectivity index is 2.02. The average molecular weight is 274 g/mol. The van der Waals surface area contributed by atoms with Crippen molar-refractivity contribution in [3.63, 3.8) is 0 Å². The number of carbonyl (C=O) groups excluding carboxylic acids is 1. The molecule has 1 heterocycles. The lowest BCUT2D eigenvalue weighted by Crippen LogP contribution is -2.34. The van der Waals surface area contributed by atoms with Crippen molar-refractivity contribution in [1.82, 2.24) is 5.32 Å². The van der Waals surface area contributed by atoms with Gasteiger partial charge >= 0.3 is 0 Å². The van der Waals surface area contributed by atoms with Gasteiger partial charge in [0.1, 0.15) is 11.8 Å². The molecule has 0 aliphatic heterocycles. The Labute approximate surface area is 119 Å². The SMILES string of the molecule is CC(C)(CCCN)CNC(=O)c1coc2ccccc12. The van der Waals surface area contributed by atoms with Crippen LogP contribution in [0.1, 0.15) is 37.0 Å². The summed E-state index contributed by atoms with van der Waals surface area (Å²) in [4.78, 5) is 12.2. The molecule has 4 heteroatoms. The van der Waals surface area contributed by atoms with Crippen LogP contribution < -0.4 is 11.1 Å². The number of rotatable bonds is 6. The fourth-order valence-corrected chi connectivity index (χ4v) is 2.24. The summed E-state index contributed by atoms with van der Waals surface area (Å²) in [5.41, 5.74) is 6.91. The second-order valence-electron chi connectivity index (χ2n) is 5.88. The van der Waals surface area contributed by atoms with E-state index in [9.17, 15) is 4.79 Å². The number of nitrogens with one attached hydrogen (secondary N) is 1. The zero-order chi connectivity index (χ0) is 14.6. The van der Waals surface area contributed by atoms with E-state index in [1.165, 1.54) is 6.26 Å². The maximum Gasteiger partial charge on any atom is 0.255 e. The highest BCUT2D eigenvalue weighted by atomic mass is 16.3. The van der Waals surface area contributed by atoms with Crippen molar-refractivity contribution >= 4 is 16.9 Å². The van der Waals surface area contributed by atoms with Crippen LogP contribution in [0.4, 0.5) is 0 Å². The number of fused-ring (bicyclic) bond motifs is 1. The first-order chi connectivity index (χ1) is 9.53. The van der Waals surface area contributed by atoms with Gasteiger partial charge in [0.05, 0.1) is 5.56 Å². The maximum atomic E-state index is 12.2. The van der Waals surface area contributed by atoms with Crippen LogP contribution in [0.5, 0.6) is 0 Å². The number of amides is 1. The van der Waals surface area contributed by atoms with Gasteiger partial charge in [0, 0.05) is 11.9 Å². The van der Waals surface area contributed by atoms with Gasteiger partial charge in [-0.05, 0) is 30.9 Å². The lowest BCUT2D eigenvalue weighted by molar-refractivity contribution is 0.0935. The summed E-state index contributed by atoms with van der Waals surface area (Å²) in [5, 5.41) is 3.84. The van der Waals surface area contributed by atoms with Crippen LogP contribution >= 0.6 is 0 Å². The molecule has 0 atom stereocenters. The molecule has 0 saturated carbocycles. The van der Waals surface area contributed by atoms with E-state index in [2.05, 4.69) is 19.2 Å². The Kier molecular flexibility index (Phi) is 4.45. The highest BCUT2D eigenvalue weighted by molar-refractivity contribution is 6.05. The molecule has 1 aromatic carbocycles. The van der Waals surface area contributed by atoms with Crippen LogP contribution in [0.25, 0.3) is 11.0 Å². The summed E-state index contributed by atoms with van der Waals surface area (Å²) in [6, 6.07) is 7.55. The zero-order valence-corrected chi connectivity index (χ0v) is 12.1. The summed E-state index contributed by atoms with van der Waals surface area (Å²) in [6.07, 6.45) is 3.49. The molecule has 0 radical (unpaired) electrons. The van der Waals surface area contributed by atoms with Crippen LogP contribution in [0.2, 0.25) is 0 Å². The van der Waals surface area contributed by atoms with Gasteiger partial charge in [0.15, 0.2) is 0 Å². The molecule has 0 aliphatic carbocycles. The quantitative estimate of drug-likeness (QED) is 0.851. The second kappa shape index (κ2) is 6.09.